The van der Waals surface area contributed by atoms with Gasteiger partial charge in [0.15, 0.2) is 5.75 Å². The van der Waals surface area contributed by atoms with Gasteiger partial charge in [-0.1, -0.05) is 18.2 Å². The standard InChI is InChI=1S/C15H7N3O2/c16-8-10-4-3-7-14(18-10)20-15-11-5-1-2-6-12(11)19-13(15)9-17/h1-7H. The van der Waals surface area contributed by atoms with E-state index in [1.807, 2.05) is 24.3 Å². The first-order valence-corrected chi connectivity index (χ1v) is 5.78. The zero-order valence-electron chi connectivity index (χ0n) is 10.2. The van der Waals surface area contributed by atoms with Crippen molar-refractivity contribution in [1.29, 1.82) is 10.5 Å². The molecule has 0 amide bonds. The molecule has 3 aromatic rings. The average molecular weight is 261 g/mol. The van der Waals surface area contributed by atoms with Gasteiger partial charge in [0, 0.05) is 6.07 Å². The third-order valence-corrected chi connectivity index (χ3v) is 2.70. The molecule has 0 spiro atoms. The van der Waals surface area contributed by atoms with Gasteiger partial charge < -0.3 is 9.15 Å². The molecule has 0 N–H and O–H groups in total. The Kier molecular flexibility index (Phi) is 2.80. The van der Waals surface area contributed by atoms with E-state index in [0.717, 1.165) is 0 Å². The molecule has 20 heavy (non-hydrogen) atoms. The number of nitrogens with zero attached hydrogens (tertiary/aromatic N) is 3. The monoisotopic (exact) mass is 261 g/mol. The summed E-state index contributed by atoms with van der Waals surface area (Å²) < 4.78 is 11.0. The molecule has 1 aromatic carbocycles. The minimum atomic E-state index is 0.0790. The van der Waals surface area contributed by atoms with Gasteiger partial charge in [0.05, 0.1) is 5.39 Å². The van der Waals surface area contributed by atoms with E-state index in [0.29, 0.717) is 16.7 Å². The molecule has 0 aliphatic carbocycles. The molecule has 5 heteroatoms. The number of para-hydroxylation sites is 1. The molecule has 94 valence electrons. The highest BCUT2D eigenvalue weighted by atomic mass is 16.5. The van der Waals surface area contributed by atoms with Crippen LogP contribution in [0.4, 0.5) is 0 Å². The number of rotatable bonds is 2. The summed E-state index contributed by atoms with van der Waals surface area (Å²) in [5.74, 6) is 0.633. The van der Waals surface area contributed by atoms with E-state index in [9.17, 15) is 0 Å². The number of ether oxygens (including phenoxy) is 1. The van der Waals surface area contributed by atoms with Crippen LogP contribution in [0.1, 0.15) is 11.5 Å². The number of fused-ring (bicyclic) bond motifs is 1. The number of aromatic nitrogens is 1. The Hall–Kier alpha value is -3.31. The van der Waals surface area contributed by atoms with Crippen LogP contribution in [-0.4, -0.2) is 4.98 Å². The Balaban J connectivity index is 2.10. The molecule has 0 atom stereocenters. The van der Waals surface area contributed by atoms with Gasteiger partial charge in [-0.05, 0) is 18.2 Å². The second kappa shape index (κ2) is 4.75. The van der Waals surface area contributed by atoms with E-state index < -0.39 is 0 Å². The van der Waals surface area contributed by atoms with Crippen molar-refractivity contribution >= 4 is 11.0 Å². The Bertz CT molecular complexity index is 869. The first kappa shape index (κ1) is 11.8. The SMILES string of the molecule is N#Cc1cccc(Oc2c(C#N)oc3ccccc23)n1. The maximum Gasteiger partial charge on any atom is 0.247 e. The van der Waals surface area contributed by atoms with Crippen LogP contribution in [0, 0.1) is 22.7 Å². The summed E-state index contributed by atoms with van der Waals surface area (Å²) in [7, 11) is 0. The lowest BCUT2D eigenvalue weighted by Crippen LogP contribution is -1.90. The lowest BCUT2D eigenvalue weighted by molar-refractivity contribution is 0.450. The smallest absolute Gasteiger partial charge is 0.247 e. The Morgan fingerprint density at radius 3 is 2.65 bits per heavy atom. The molecule has 0 unspecified atom stereocenters. The molecule has 0 aliphatic rings. The predicted molar refractivity (Wildman–Crippen MR) is 70.0 cm³/mol. The summed E-state index contributed by atoms with van der Waals surface area (Å²) in [6.45, 7) is 0. The first-order chi connectivity index (χ1) is 9.81. The molecule has 0 radical (unpaired) electrons. The van der Waals surface area contributed by atoms with Crippen molar-refractivity contribution in [2.45, 2.75) is 0 Å². The van der Waals surface area contributed by atoms with Gasteiger partial charge in [0.1, 0.15) is 23.4 Å². The van der Waals surface area contributed by atoms with Gasteiger partial charge in [-0.3, -0.25) is 0 Å². The van der Waals surface area contributed by atoms with Crippen LogP contribution in [0.5, 0.6) is 11.6 Å². The normalized spacial score (nSPS) is 9.90. The molecule has 0 aliphatic heterocycles. The summed E-state index contributed by atoms with van der Waals surface area (Å²) in [4.78, 5) is 4.01. The van der Waals surface area contributed by atoms with Gasteiger partial charge >= 0.3 is 0 Å². The topological polar surface area (TPSA) is 82.8 Å². The van der Waals surface area contributed by atoms with Crippen LogP contribution in [0.3, 0.4) is 0 Å². The number of benzene rings is 1. The molecular formula is C15H7N3O2. The molecule has 0 fully saturated rings. The molecule has 0 saturated heterocycles. The van der Waals surface area contributed by atoms with Gasteiger partial charge in [-0.2, -0.15) is 10.5 Å². The lowest BCUT2D eigenvalue weighted by atomic mass is 10.2. The summed E-state index contributed by atoms with van der Waals surface area (Å²) in [5.41, 5.74) is 0.810. The Morgan fingerprint density at radius 1 is 1.00 bits per heavy atom. The van der Waals surface area contributed by atoms with E-state index in [1.54, 1.807) is 30.3 Å². The third kappa shape index (κ3) is 1.94. The van der Waals surface area contributed by atoms with Crippen molar-refractivity contribution in [3.8, 4) is 23.8 Å². The number of pyridine rings is 1. The van der Waals surface area contributed by atoms with Crippen LogP contribution >= 0.6 is 0 Å². The van der Waals surface area contributed by atoms with Crippen molar-refractivity contribution in [2.24, 2.45) is 0 Å². The van der Waals surface area contributed by atoms with E-state index in [1.165, 1.54) is 0 Å². The van der Waals surface area contributed by atoms with E-state index in [-0.39, 0.29) is 17.3 Å². The largest absolute Gasteiger partial charge is 0.442 e. The quantitative estimate of drug-likeness (QED) is 0.706. The Labute approximate surface area is 114 Å². The number of hydrogen-bond donors (Lipinski definition) is 0. The molecular weight excluding hydrogens is 254 g/mol. The van der Waals surface area contributed by atoms with Crippen LogP contribution in [0.15, 0.2) is 46.9 Å². The van der Waals surface area contributed by atoms with Crippen molar-refractivity contribution in [1.82, 2.24) is 4.98 Å². The van der Waals surface area contributed by atoms with Crippen molar-refractivity contribution in [3.63, 3.8) is 0 Å². The summed E-state index contributed by atoms with van der Waals surface area (Å²) in [6, 6.07) is 15.9. The third-order valence-electron chi connectivity index (χ3n) is 2.70. The van der Waals surface area contributed by atoms with Crippen LogP contribution in [0.25, 0.3) is 11.0 Å². The number of nitriles is 2. The van der Waals surface area contributed by atoms with Crippen molar-refractivity contribution < 1.29 is 9.15 Å². The van der Waals surface area contributed by atoms with Gasteiger partial charge in [0.2, 0.25) is 11.6 Å². The highest BCUT2D eigenvalue weighted by molar-refractivity contribution is 5.86. The first-order valence-electron chi connectivity index (χ1n) is 5.78. The average Bonchev–Trinajstić information content (AvgIpc) is 2.85. The van der Waals surface area contributed by atoms with Crippen molar-refractivity contribution in [2.75, 3.05) is 0 Å². The molecule has 2 aromatic heterocycles. The second-order valence-corrected chi connectivity index (χ2v) is 3.94. The number of hydrogen-bond acceptors (Lipinski definition) is 5. The van der Waals surface area contributed by atoms with Crippen LogP contribution in [-0.2, 0) is 0 Å². The summed E-state index contributed by atoms with van der Waals surface area (Å²) in [6.07, 6.45) is 0. The minimum Gasteiger partial charge on any atom is -0.442 e. The second-order valence-electron chi connectivity index (χ2n) is 3.94. The zero-order chi connectivity index (χ0) is 13.9. The fourth-order valence-corrected chi connectivity index (χ4v) is 1.84. The lowest BCUT2D eigenvalue weighted by Gasteiger charge is -2.02. The highest BCUT2D eigenvalue weighted by Gasteiger charge is 2.16. The maximum atomic E-state index is 9.10. The van der Waals surface area contributed by atoms with Crippen LogP contribution in [0.2, 0.25) is 0 Å². The molecule has 3 rings (SSSR count). The van der Waals surface area contributed by atoms with E-state index in [4.69, 9.17) is 19.7 Å². The minimum absolute atomic E-state index is 0.0790. The van der Waals surface area contributed by atoms with Gasteiger partial charge in [-0.15, -0.1) is 0 Å². The Morgan fingerprint density at radius 2 is 1.85 bits per heavy atom. The fraction of sp³-hybridized carbons (Fsp3) is 0. The van der Waals surface area contributed by atoms with Gasteiger partial charge in [0.25, 0.3) is 0 Å². The van der Waals surface area contributed by atoms with E-state index >= 15 is 0 Å². The fourth-order valence-electron chi connectivity index (χ4n) is 1.84. The van der Waals surface area contributed by atoms with E-state index in [2.05, 4.69) is 4.98 Å². The highest BCUT2D eigenvalue weighted by Crippen LogP contribution is 2.35. The summed E-state index contributed by atoms with van der Waals surface area (Å²) >= 11 is 0. The molecule has 2 heterocycles. The van der Waals surface area contributed by atoms with Crippen LogP contribution < -0.4 is 4.74 Å². The number of furan rings is 1. The van der Waals surface area contributed by atoms with Crippen molar-refractivity contribution in [3.05, 3.63) is 53.9 Å². The maximum absolute atomic E-state index is 9.10. The molecule has 0 saturated carbocycles. The summed E-state index contributed by atoms with van der Waals surface area (Å²) in [5, 5.41) is 18.6. The molecule has 5 nitrogen and oxygen atoms in total. The molecule has 0 bridgehead atoms. The van der Waals surface area contributed by atoms with Gasteiger partial charge in [-0.25, -0.2) is 4.98 Å². The zero-order valence-corrected chi connectivity index (χ0v) is 10.2. The predicted octanol–water partition coefficient (Wildman–Crippen LogP) is 3.36.